The summed E-state index contributed by atoms with van der Waals surface area (Å²) in [6, 6.07) is 8.79. The third kappa shape index (κ3) is 4.82. The van der Waals surface area contributed by atoms with Crippen LogP contribution >= 0.6 is 45.9 Å². The average molecular weight is 427 g/mol. The zero-order chi connectivity index (χ0) is 18.5. The van der Waals surface area contributed by atoms with Gasteiger partial charge in [0, 0.05) is 5.38 Å². The second-order valence-electron chi connectivity index (χ2n) is 5.11. The van der Waals surface area contributed by atoms with Crippen molar-refractivity contribution in [2.24, 2.45) is 0 Å². The largest absolute Gasteiger partial charge is 0.455 e. The Morgan fingerprint density at radius 3 is 2.77 bits per heavy atom. The van der Waals surface area contributed by atoms with Gasteiger partial charge in [0.2, 0.25) is 0 Å². The highest BCUT2D eigenvalue weighted by Crippen LogP contribution is 2.29. The number of halogens is 2. The summed E-state index contributed by atoms with van der Waals surface area (Å²) in [6.07, 6.45) is 0.00702. The van der Waals surface area contributed by atoms with Gasteiger partial charge >= 0.3 is 5.97 Å². The molecule has 0 saturated heterocycles. The number of carbonyl (C=O) groups is 2. The molecule has 3 aromatic rings. The monoisotopic (exact) mass is 426 g/mol. The SMILES string of the molecule is O=C(COC(=O)Cc1csc(-c2cccs2)n1)Nc1cccc(Cl)c1Cl. The standard InChI is InChI=1S/C17H12Cl2N2O3S2/c18-11-3-1-4-12(16(11)19)21-14(22)8-24-15(23)7-10-9-26-17(20-10)13-5-2-6-25-13/h1-6,9H,7-8H2,(H,21,22). The fourth-order valence-electron chi connectivity index (χ4n) is 2.03. The number of anilines is 1. The molecule has 0 aliphatic rings. The summed E-state index contributed by atoms with van der Waals surface area (Å²) in [6.45, 7) is -0.413. The fourth-order valence-corrected chi connectivity index (χ4v) is 4.01. The Balaban J connectivity index is 1.49. The van der Waals surface area contributed by atoms with E-state index in [4.69, 9.17) is 27.9 Å². The number of ether oxygens (including phenoxy) is 1. The lowest BCUT2D eigenvalue weighted by Crippen LogP contribution is -2.21. The molecule has 0 fully saturated rings. The lowest BCUT2D eigenvalue weighted by molar-refractivity contribution is -0.146. The molecule has 0 spiro atoms. The van der Waals surface area contributed by atoms with E-state index in [1.54, 1.807) is 29.5 Å². The normalized spacial score (nSPS) is 10.5. The zero-order valence-corrected chi connectivity index (χ0v) is 16.3. The van der Waals surface area contributed by atoms with Gasteiger partial charge in [0.25, 0.3) is 5.91 Å². The molecule has 0 aliphatic carbocycles. The number of nitrogens with zero attached hydrogens (tertiary/aromatic N) is 1. The number of benzene rings is 1. The Labute approximate surface area is 167 Å². The summed E-state index contributed by atoms with van der Waals surface area (Å²) in [5.74, 6) is -1.03. The number of amides is 1. The first-order valence-corrected chi connectivity index (χ1v) is 9.92. The summed E-state index contributed by atoms with van der Waals surface area (Å²) in [4.78, 5) is 29.2. The smallest absolute Gasteiger partial charge is 0.312 e. The first kappa shape index (κ1) is 18.8. The van der Waals surface area contributed by atoms with Gasteiger partial charge in [-0.15, -0.1) is 22.7 Å². The molecule has 0 atom stereocenters. The van der Waals surface area contributed by atoms with Crippen molar-refractivity contribution in [1.29, 1.82) is 0 Å². The first-order chi connectivity index (χ1) is 12.5. The Kier molecular flexibility index (Phi) is 6.26. The number of nitrogens with one attached hydrogen (secondary N) is 1. The van der Waals surface area contributed by atoms with Crippen molar-refractivity contribution in [3.8, 4) is 9.88 Å². The minimum Gasteiger partial charge on any atom is -0.455 e. The van der Waals surface area contributed by atoms with Crippen molar-refractivity contribution >= 4 is 63.4 Å². The summed E-state index contributed by atoms with van der Waals surface area (Å²) in [5.41, 5.74) is 0.974. The Hall–Kier alpha value is -1.93. The van der Waals surface area contributed by atoms with Crippen molar-refractivity contribution < 1.29 is 14.3 Å². The molecule has 1 N–H and O–H groups in total. The van der Waals surface area contributed by atoms with Crippen LogP contribution in [0, 0.1) is 0 Å². The lowest BCUT2D eigenvalue weighted by Gasteiger charge is -2.08. The van der Waals surface area contributed by atoms with E-state index in [1.807, 2.05) is 22.9 Å². The molecule has 9 heteroatoms. The van der Waals surface area contributed by atoms with Gasteiger partial charge in [0.05, 0.1) is 32.7 Å². The van der Waals surface area contributed by atoms with Crippen LogP contribution in [0.4, 0.5) is 5.69 Å². The Morgan fingerprint density at radius 1 is 1.15 bits per heavy atom. The molecule has 0 saturated carbocycles. The van der Waals surface area contributed by atoms with Crippen LogP contribution in [0.3, 0.4) is 0 Å². The van der Waals surface area contributed by atoms with Crippen molar-refractivity contribution in [3.63, 3.8) is 0 Å². The van der Waals surface area contributed by atoms with Gasteiger partial charge in [-0.05, 0) is 23.6 Å². The molecule has 2 heterocycles. The van der Waals surface area contributed by atoms with E-state index in [-0.39, 0.29) is 11.4 Å². The molecule has 5 nitrogen and oxygen atoms in total. The molecule has 0 bridgehead atoms. The maximum atomic E-state index is 11.9. The molecule has 0 unspecified atom stereocenters. The van der Waals surface area contributed by atoms with Crippen molar-refractivity contribution in [3.05, 3.63) is 56.8 Å². The van der Waals surface area contributed by atoms with E-state index in [9.17, 15) is 9.59 Å². The van der Waals surface area contributed by atoms with Crippen LogP contribution in [0.25, 0.3) is 9.88 Å². The van der Waals surface area contributed by atoms with Gasteiger partial charge < -0.3 is 10.1 Å². The molecular formula is C17H12Cl2N2O3S2. The van der Waals surface area contributed by atoms with E-state index >= 15 is 0 Å². The van der Waals surface area contributed by atoms with Crippen LogP contribution in [0.1, 0.15) is 5.69 Å². The molecule has 1 amide bonds. The molecular weight excluding hydrogens is 415 g/mol. The van der Waals surface area contributed by atoms with Crippen molar-refractivity contribution in [1.82, 2.24) is 4.98 Å². The van der Waals surface area contributed by atoms with E-state index < -0.39 is 18.5 Å². The third-order valence-corrected chi connectivity index (χ3v) is 5.95. The number of carbonyl (C=O) groups excluding carboxylic acids is 2. The van der Waals surface area contributed by atoms with Gasteiger partial charge in [-0.25, -0.2) is 4.98 Å². The summed E-state index contributed by atoms with van der Waals surface area (Å²) in [7, 11) is 0. The highest BCUT2D eigenvalue weighted by atomic mass is 35.5. The summed E-state index contributed by atoms with van der Waals surface area (Å²) in [5, 5.41) is 7.74. The third-order valence-electron chi connectivity index (χ3n) is 3.20. The molecule has 3 rings (SSSR count). The second kappa shape index (κ2) is 8.64. The highest BCUT2D eigenvalue weighted by Gasteiger charge is 2.13. The number of aromatic nitrogens is 1. The minimum absolute atomic E-state index is 0.00702. The van der Waals surface area contributed by atoms with Crippen LogP contribution in [0.15, 0.2) is 41.1 Å². The zero-order valence-electron chi connectivity index (χ0n) is 13.2. The molecule has 134 valence electrons. The van der Waals surface area contributed by atoms with Crippen LogP contribution in [0.2, 0.25) is 10.0 Å². The number of esters is 1. The number of rotatable bonds is 6. The molecule has 1 aromatic carbocycles. The van der Waals surface area contributed by atoms with Crippen molar-refractivity contribution in [2.45, 2.75) is 6.42 Å². The average Bonchev–Trinajstić information content (AvgIpc) is 3.28. The topological polar surface area (TPSA) is 68.3 Å². The fraction of sp³-hybridized carbons (Fsp3) is 0.118. The molecule has 0 radical (unpaired) electrons. The van der Waals surface area contributed by atoms with Gasteiger partial charge in [0.1, 0.15) is 5.01 Å². The van der Waals surface area contributed by atoms with Crippen LogP contribution in [-0.4, -0.2) is 23.5 Å². The van der Waals surface area contributed by atoms with E-state index in [0.717, 1.165) is 9.88 Å². The number of thiophene rings is 1. The maximum absolute atomic E-state index is 11.9. The molecule has 2 aromatic heterocycles. The Bertz CT molecular complexity index is 926. The minimum atomic E-state index is -0.527. The van der Waals surface area contributed by atoms with Gasteiger partial charge in [-0.3, -0.25) is 9.59 Å². The lowest BCUT2D eigenvalue weighted by atomic mass is 10.3. The van der Waals surface area contributed by atoms with Crippen LogP contribution < -0.4 is 5.32 Å². The quantitative estimate of drug-likeness (QED) is 0.568. The van der Waals surface area contributed by atoms with Crippen LogP contribution in [-0.2, 0) is 20.7 Å². The van der Waals surface area contributed by atoms with Gasteiger partial charge in [0.15, 0.2) is 6.61 Å². The molecule has 0 aliphatic heterocycles. The second-order valence-corrected chi connectivity index (χ2v) is 7.70. The maximum Gasteiger partial charge on any atom is 0.312 e. The predicted octanol–water partition coefficient (Wildman–Crippen LogP) is 4.90. The molecule has 26 heavy (non-hydrogen) atoms. The predicted molar refractivity (Wildman–Crippen MR) is 105 cm³/mol. The van der Waals surface area contributed by atoms with Gasteiger partial charge in [-0.2, -0.15) is 0 Å². The van der Waals surface area contributed by atoms with Gasteiger partial charge in [-0.1, -0.05) is 35.3 Å². The summed E-state index contributed by atoms with van der Waals surface area (Å²) < 4.78 is 4.99. The first-order valence-electron chi connectivity index (χ1n) is 7.40. The number of hydrogen-bond acceptors (Lipinski definition) is 6. The van der Waals surface area contributed by atoms with E-state index in [0.29, 0.717) is 16.4 Å². The number of hydrogen-bond donors (Lipinski definition) is 1. The van der Waals surface area contributed by atoms with E-state index in [2.05, 4.69) is 10.3 Å². The number of thiazole rings is 1. The van der Waals surface area contributed by atoms with Crippen LogP contribution in [0.5, 0.6) is 0 Å². The summed E-state index contributed by atoms with van der Waals surface area (Å²) >= 11 is 14.9. The van der Waals surface area contributed by atoms with Crippen molar-refractivity contribution in [2.75, 3.05) is 11.9 Å². The Morgan fingerprint density at radius 2 is 2.00 bits per heavy atom. The van der Waals surface area contributed by atoms with E-state index in [1.165, 1.54) is 11.3 Å². The highest BCUT2D eigenvalue weighted by molar-refractivity contribution is 7.20.